The first-order valence-electron chi connectivity index (χ1n) is 7.45. The second-order valence-electron chi connectivity index (χ2n) is 4.99. The molecule has 0 radical (unpaired) electrons. The fourth-order valence-electron chi connectivity index (χ4n) is 2.10. The van der Waals surface area contributed by atoms with Gasteiger partial charge >= 0.3 is 6.04 Å². The molecule has 0 atom stereocenters. The molecule has 0 aromatic heterocycles. The molecule has 0 heterocycles. The molecule has 0 saturated heterocycles. The van der Waals surface area contributed by atoms with Gasteiger partial charge in [0.2, 0.25) is 0 Å². The van der Waals surface area contributed by atoms with E-state index in [9.17, 15) is 9.18 Å². The molecule has 0 aliphatic carbocycles. The van der Waals surface area contributed by atoms with Crippen LogP contribution in [0.4, 0.5) is 4.39 Å². The van der Waals surface area contributed by atoms with Crippen molar-refractivity contribution in [3.05, 3.63) is 0 Å². The number of carbonyl (C=O) groups excluding carboxylic acids is 1. The lowest BCUT2D eigenvalue weighted by Gasteiger charge is -2.01. The number of carbonyl (C=O) groups is 1. The van der Waals surface area contributed by atoms with Gasteiger partial charge in [0.15, 0.2) is 0 Å². The number of rotatable bonds is 13. The first-order valence-corrected chi connectivity index (χ1v) is 7.45. The van der Waals surface area contributed by atoms with Gasteiger partial charge in [-0.3, -0.25) is 4.79 Å². The van der Waals surface area contributed by atoms with Crippen LogP contribution in [0.1, 0.15) is 90.4 Å². The van der Waals surface area contributed by atoms with Gasteiger partial charge in [-0.2, -0.15) is 4.39 Å². The van der Waals surface area contributed by atoms with Crippen LogP contribution in [0.15, 0.2) is 0 Å². The average Bonchev–Trinajstić information content (AvgIpc) is 2.30. The summed E-state index contributed by atoms with van der Waals surface area (Å²) in [5.41, 5.74) is 0. The highest BCUT2D eigenvalue weighted by Crippen LogP contribution is 2.12. The third-order valence-corrected chi connectivity index (χ3v) is 3.23. The third kappa shape index (κ3) is 15.6. The highest BCUT2D eigenvalue weighted by molar-refractivity contribution is 5.67. The summed E-state index contributed by atoms with van der Waals surface area (Å²) in [6.45, 7) is 2.25. The Labute approximate surface area is 106 Å². The molecule has 0 bridgehead atoms. The van der Waals surface area contributed by atoms with E-state index < -0.39 is 6.04 Å². The Hall–Kier alpha value is -0.400. The Morgan fingerprint density at radius 2 is 1.06 bits per heavy atom. The van der Waals surface area contributed by atoms with Gasteiger partial charge in [-0.15, -0.1) is 0 Å². The first-order chi connectivity index (χ1) is 8.27. The van der Waals surface area contributed by atoms with Crippen LogP contribution in [0.5, 0.6) is 0 Å². The highest BCUT2D eigenvalue weighted by Gasteiger charge is 1.97. The topological polar surface area (TPSA) is 17.1 Å². The van der Waals surface area contributed by atoms with Crippen molar-refractivity contribution >= 4 is 6.04 Å². The summed E-state index contributed by atoms with van der Waals surface area (Å²) < 4.78 is 11.9. The molecule has 0 aliphatic rings. The van der Waals surface area contributed by atoms with Gasteiger partial charge in [0.1, 0.15) is 0 Å². The average molecular weight is 244 g/mol. The molecule has 0 unspecified atom stereocenters. The summed E-state index contributed by atoms with van der Waals surface area (Å²) >= 11 is 0. The van der Waals surface area contributed by atoms with E-state index in [1.807, 2.05) is 0 Å². The van der Waals surface area contributed by atoms with Gasteiger partial charge in [-0.1, -0.05) is 77.6 Å². The maximum Gasteiger partial charge on any atom is 0.301 e. The van der Waals surface area contributed by atoms with Crippen molar-refractivity contribution in [1.82, 2.24) is 0 Å². The van der Waals surface area contributed by atoms with Gasteiger partial charge in [0.05, 0.1) is 0 Å². The zero-order valence-electron chi connectivity index (χ0n) is 11.5. The van der Waals surface area contributed by atoms with Gasteiger partial charge in [-0.25, -0.2) is 0 Å². The summed E-state index contributed by atoms with van der Waals surface area (Å²) in [5, 5.41) is 0. The minimum Gasteiger partial charge on any atom is -0.261 e. The maximum atomic E-state index is 11.9. The Kier molecular flexibility index (Phi) is 13.3. The van der Waals surface area contributed by atoms with Crippen LogP contribution in [-0.2, 0) is 4.79 Å². The van der Waals surface area contributed by atoms with Gasteiger partial charge < -0.3 is 0 Å². The van der Waals surface area contributed by atoms with Crippen LogP contribution in [0.25, 0.3) is 0 Å². The zero-order chi connectivity index (χ0) is 12.8. The fourth-order valence-corrected chi connectivity index (χ4v) is 2.10. The maximum absolute atomic E-state index is 11.9. The zero-order valence-corrected chi connectivity index (χ0v) is 11.5. The highest BCUT2D eigenvalue weighted by atomic mass is 19.1. The summed E-state index contributed by atoms with van der Waals surface area (Å²) in [6.07, 6.45) is 15.2. The van der Waals surface area contributed by atoms with Crippen molar-refractivity contribution in [3.63, 3.8) is 0 Å². The normalized spacial score (nSPS) is 10.7. The lowest BCUT2D eigenvalue weighted by atomic mass is 10.0. The predicted octanol–water partition coefficient (Wildman–Crippen LogP) is 5.57. The number of halogens is 1. The van der Waals surface area contributed by atoms with Crippen molar-refractivity contribution in [2.24, 2.45) is 0 Å². The van der Waals surface area contributed by atoms with E-state index in [4.69, 9.17) is 0 Å². The molecule has 0 amide bonds. The second-order valence-corrected chi connectivity index (χ2v) is 4.99. The SMILES string of the molecule is CCCCCCCCCCCCCCC(=O)F. The van der Waals surface area contributed by atoms with Crippen LogP contribution >= 0.6 is 0 Å². The second kappa shape index (κ2) is 13.7. The largest absolute Gasteiger partial charge is 0.301 e. The monoisotopic (exact) mass is 244 g/mol. The number of hydrogen-bond donors (Lipinski definition) is 0. The van der Waals surface area contributed by atoms with E-state index in [0.717, 1.165) is 19.3 Å². The van der Waals surface area contributed by atoms with Crippen LogP contribution in [0.2, 0.25) is 0 Å². The fraction of sp³-hybridized carbons (Fsp3) is 0.933. The number of hydrogen-bond acceptors (Lipinski definition) is 1. The van der Waals surface area contributed by atoms with Crippen LogP contribution in [0.3, 0.4) is 0 Å². The van der Waals surface area contributed by atoms with Crippen molar-refractivity contribution < 1.29 is 9.18 Å². The lowest BCUT2D eigenvalue weighted by molar-refractivity contribution is -0.129. The Morgan fingerprint density at radius 3 is 1.41 bits per heavy atom. The summed E-state index contributed by atoms with van der Waals surface area (Å²) in [5.74, 6) is 0. The van der Waals surface area contributed by atoms with E-state index >= 15 is 0 Å². The Morgan fingerprint density at radius 1 is 0.706 bits per heavy atom. The van der Waals surface area contributed by atoms with E-state index in [1.54, 1.807) is 0 Å². The third-order valence-electron chi connectivity index (χ3n) is 3.23. The van der Waals surface area contributed by atoms with E-state index in [0.29, 0.717) is 0 Å². The van der Waals surface area contributed by atoms with Gasteiger partial charge in [0.25, 0.3) is 0 Å². The smallest absolute Gasteiger partial charge is 0.261 e. The van der Waals surface area contributed by atoms with Gasteiger partial charge in [-0.05, 0) is 6.42 Å². The molecule has 0 aliphatic heterocycles. The summed E-state index contributed by atoms with van der Waals surface area (Å²) in [4.78, 5) is 10.1. The molecule has 0 aromatic rings. The quantitative estimate of drug-likeness (QED) is 0.305. The molecular weight excluding hydrogens is 215 g/mol. The molecule has 0 fully saturated rings. The van der Waals surface area contributed by atoms with E-state index in [1.165, 1.54) is 57.8 Å². The van der Waals surface area contributed by atoms with Crippen LogP contribution < -0.4 is 0 Å². The van der Waals surface area contributed by atoms with Crippen molar-refractivity contribution in [1.29, 1.82) is 0 Å². The number of unbranched alkanes of at least 4 members (excludes halogenated alkanes) is 11. The molecule has 0 aromatic carbocycles. The Balaban J connectivity index is 2.91. The van der Waals surface area contributed by atoms with E-state index in [-0.39, 0.29) is 6.42 Å². The molecule has 0 rings (SSSR count). The van der Waals surface area contributed by atoms with E-state index in [2.05, 4.69) is 6.92 Å². The molecule has 2 heteroatoms. The molecule has 0 spiro atoms. The van der Waals surface area contributed by atoms with Crippen molar-refractivity contribution in [2.45, 2.75) is 90.4 Å². The van der Waals surface area contributed by atoms with Gasteiger partial charge in [0, 0.05) is 6.42 Å². The lowest BCUT2D eigenvalue weighted by Crippen LogP contribution is -1.87. The Bertz CT molecular complexity index is 168. The molecular formula is C15H29FO. The van der Waals surface area contributed by atoms with Crippen molar-refractivity contribution in [2.75, 3.05) is 0 Å². The minimum atomic E-state index is -1.16. The molecule has 0 N–H and O–H groups in total. The molecule has 17 heavy (non-hydrogen) atoms. The minimum absolute atomic E-state index is 0.122. The predicted molar refractivity (Wildman–Crippen MR) is 71.8 cm³/mol. The molecule has 0 saturated carbocycles. The van der Waals surface area contributed by atoms with Crippen LogP contribution in [-0.4, -0.2) is 6.04 Å². The van der Waals surface area contributed by atoms with Crippen molar-refractivity contribution in [3.8, 4) is 0 Å². The first kappa shape index (κ1) is 16.6. The standard InChI is InChI=1S/C15H29FO/c1-2-3-4-5-6-7-8-9-10-11-12-13-14-15(16)17/h2-14H2,1H3. The summed E-state index contributed by atoms with van der Waals surface area (Å²) in [6, 6.07) is -1.16. The van der Waals surface area contributed by atoms with Crippen LogP contribution in [0, 0.1) is 0 Å². The molecule has 102 valence electrons. The molecule has 1 nitrogen and oxygen atoms in total. The summed E-state index contributed by atoms with van der Waals surface area (Å²) in [7, 11) is 0.